The highest BCUT2D eigenvalue weighted by atomic mass is 16.3. The summed E-state index contributed by atoms with van der Waals surface area (Å²) >= 11 is 0. The van der Waals surface area contributed by atoms with Gasteiger partial charge >= 0.3 is 0 Å². The maximum absolute atomic E-state index is 12.2. The van der Waals surface area contributed by atoms with Gasteiger partial charge in [-0.3, -0.25) is 14.4 Å². The number of nitrogens with one attached hydrogen (secondary N) is 2. The van der Waals surface area contributed by atoms with Crippen LogP contribution >= 0.6 is 0 Å². The van der Waals surface area contributed by atoms with Crippen molar-refractivity contribution in [3.8, 4) is 5.75 Å². The van der Waals surface area contributed by atoms with Gasteiger partial charge in [0.05, 0.1) is 11.3 Å². The monoisotopic (exact) mass is 408 g/mol. The Labute approximate surface area is 174 Å². The van der Waals surface area contributed by atoms with E-state index < -0.39 is 10.9 Å². The van der Waals surface area contributed by atoms with Gasteiger partial charge in [-0.15, -0.1) is 0 Å². The molecule has 0 radical (unpaired) electrons. The van der Waals surface area contributed by atoms with Gasteiger partial charge in [0.25, 0.3) is 16.8 Å². The van der Waals surface area contributed by atoms with Crippen molar-refractivity contribution < 1.29 is 9.90 Å². The van der Waals surface area contributed by atoms with Gasteiger partial charge in [-0.05, 0) is 37.9 Å². The number of benzene rings is 2. The van der Waals surface area contributed by atoms with Gasteiger partial charge in [0, 0.05) is 26.3 Å². The number of anilines is 4. The van der Waals surface area contributed by atoms with E-state index in [0.29, 0.717) is 12.2 Å². The van der Waals surface area contributed by atoms with Crippen molar-refractivity contribution in [2.24, 2.45) is 0 Å². The number of aromatic hydroxyl groups is 1. The number of rotatable bonds is 7. The molecule has 0 fully saturated rings. The zero-order chi connectivity index (χ0) is 22.0. The smallest absolute Gasteiger partial charge is 0.257 e. The van der Waals surface area contributed by atoms with E-state index in [1.54, 1.807) is 20.2 Å². The average Bonchev–Trinajstić information content (AvgIpc) is 2.71. The van der Waals surface area contributed by atoms with Crippen molar-refractivity contribution in [2.75, 3.05) is 38.8 Å². The minimum atomic E-state index is -0.689. The summed E-state index contributed by atoms with van der Waals surface area (Å²) in [6.45, 7) is 0.650. The quantitative estimate of drug-likeness (QED) is 0.407. The Bertz CT molecular complexity index is 1160. The van der Waals surface area contributed by atoms with Crippen molar-refractivity contribution >= 4 is 28.7 Å². The molecule has 3 aromatic rings. The predicted octanol–water partition coefficient (Wildman–Crippen LogP) is 2.24. The fourth-order valence-electron chi connectivity index (χ4n) is 3.08. The normalized spacial score (nSPS) is 11.0. The number of hydrogen-bond donors (Lipinski definition) is 3. The van der Waals surface area contributed by atoms with E-state index in [2.05, 4.69) is 10.6 Å². The summed E-state index contributed by atoms with van der Waals surface area (Å²) < 4.78 is 0. The highest BCUT2D eigenvalue weighted by molar-refractivity contribution is 5.99. The van der Waals surface area contributed by atoms with Gasteiger partial charge < -0.3 is 25.5 Å². The summed E-state index contributed by atoms with van der Waals surface area (Å²) in [5.41, 5.74) is 0.766. The number of carbonyl (C=O) groups excluding carboxylic acids is 1. The van der Waals surface area contributed by atoms with Crippen LogP contribution in [-0.4, -0.2) is 49.0 Å². The Balaban J connectivity index is 1.93. The molecular weight excluding hydrogens is 384 g/mol. The Hall–Kier alpha value is -3.65. The maximum atomic E-state index is 12.2. The zero-order valence-corrected chi connectivity index (χ0v) is 17.3. The van der Waals surface area contributed by atoms with Crippen molar-refractivity contribution in [1.29, 1.82) is 0 Å². The van der Waals surface area contributed by atoms with E-state index in [0.717, 1.165) is 5.56 Å². The molecule has 156 valence electrons. The molecule has 3 rings (SSSR count). The van der Waals surface area contributed by atoms with E-state index in [1.165, 1.54) is 17.0 Å². The maximum Gasteiger partial charge on any atom is 0.257 e. The number of phenols is 1. The second-order valence-corrected chi connectivity index (χ2v) is 7.45. The number of carbonyl (C=O) groups is 1. The summed E-state index contributed by atoms with van der Waals surface area (Å²) in [7, 11) is 7.02. The van der Waals surface area contributed by atoms with E-state index >= 15 is 0 Å². The highest BCUT2D eigenvalue weighted by Gasteiger charge is 2.24. The molecule has 0 bridgehead atoms. The predicted molar refractivity (Wildman–Crippen MR) is 118 cm³/mol. The lowest BCUT2D eigenvalue weighted by Crippen LogP contribution is -2.36. The Morgan fingerprint density at radius 1 is 0.867 bits per heavy atom. The summed E-state index contributed by atoms with van der Waals surface area (Å²) in [6.07, 6.45) is 0. The molecule has 3 aromatic carbocycles. The van der Waals surface area contributed by atoms with Crippen LogP contribution in [0, 0.1) is 0 Å². The molecule has 0 aliphatic heterocycles. The molecule has 0 saturated heterocycles. The number of phenolic OH excluding ortho intramolecular Hbond substituents is 1. The average molecular weight is 408 g/mol. The Morgan fingerprint density at radius 2 is 1.43 bits per heavy atom. The van der Waals surface area contributed by atoms with E-state index in [4.69, 9.17) is 0 Å². The topological polar surface area (TPSA) is 102 Å². The third-order valence-electron chi connectivity index (χ3n) is 4.61. The van der Waals surface area contributed by atoms with Gasteiger partial charge in [0.15, 0.2) is 5.75 Å². The minimum Gasteiger partial charge on any atom is -0.505 e. The Kier molecular flexibility index (Phi) is 5.89. The van der Waals surface area contributed by atoms with E-state index in [1.807, 2.05) is 43.3 Å². The van der Waals surface area contributed by atoms with Crippen LogP contribution in [0.2, 0.25) is 0 Å². The van der Waals surface area contributed by atoms with Crippen molar-refractivity contribution in [3.05, 3.63) is 74.0 Å². The van der Waals surface area contributed by atoms with Crippen molar-refractivity contribution in [2.45, 2.75) is 6.54 Å². The second kappa shape index (κ2) is 8.38. The van der Waals surface area contributed by atoms with Crippen molar-refractivity contribution in [3.63, 3.8) is 0 Å². The molecule has 30 heavy (non-hydrogen) atoms. The van der Waals surface area contributed by atoms with Gasteiger partial charge in [0.1, 0.15) is 11.4 Å². The van der Waals surface area contributed by atoms with E-state index in [9.17, 15) is 19.5 Å². The van der Waals surface area contributed by atoms with Crippen LogP contribution < -0.4 is 21.5 Å². The molecule has 8 nitrogen and oxygen atoms in total. The van der Waals surface area contributed by atoms with E-state index in [-0.39, 0.29) is 34.3 Å². The summed E-state index contributed by atoms with van der Waals surface area (Å²) in [5.74, 6) is -0.666. The zero-order valence-electron chi connectivity index (χ0n) is 17.3. The van der Waals surface area contributed by atoms with Crippen LogP contribution in [0.15, 0.2) is 52.1 Å². The largest absolute Gasteiger partial charge is 0.505 e. The molecular formula is C22H24N4O4. The lowest BCUT2D eigenvalue weighted by atomic mass is 10.1. The van der Waals surface area contributed by atoms with Crippen molar-refractivity contribution in [1.82, 2.24) is 9.80 Å². The first-order valence-corrected chi connectivity index (χ1v) is 9.34. The molecule has 0 atom stereocenters. The van der Waals surface area contributed by atoms with Gasteiger partial charge in [-0.1, -0.05) is 24.3 Å². The summed E-state index contributed by atoms with van der Waals surface area (Å²) in [6, 6.07) is 12.1. The first-order valence-electron chi connectivity index (χ1n) is 9.34. The Morgan fingerprint density at radius 3 is 2.03 bits per heavy atom. The molecule has 1 amide bonds. The third-order valence-corrected chi connectivity index (χ3v) is 4.61. The number of nitrogens with zero attached hydrogens (tertiary/aromatic N) is 2. The first-order chi connectivity index (χ1) is 14.2. The van der Waals surface area contributed by atoms with Crippen LogP contribution in [0.3, 0.4) is 0 Å². The van der Waals surface area contributed by atoms with Crippen LogP contribution in [-0.2, 0) is 6.54 Å². The molecule has 3 N–H and O–H groups in total. The fraction of sp³-hybridized carbons (Fsp3) is 0.227. The SMILES string of the molecule is CN(C)Cc1ccccc1Nc1c(Nc2cccc(C(=O)N(C)C)c2O)c(=O)c1=O. The standard InChI is InChI=1S/C22H24N4O4/c1-25(2)12-13-8-5-6-10-15(13)23-17-18(21(29)20(17)28)24-16-11-7-9-14(19(16)27)22(30)26(3)4/h5-11,23-24,27H,12H2,1-4H3. The van der Waals surface area contributed by atoms with Crippen LogP contribution in [0.1, 0.15) is 15.9 Å². The number of amides is 1. The van der Waals surface area contributed by atoms with Gasteiger partial charge in [-0.2, -0.15) is 0 Å². The summed E-state index contributed by atoms with van der Waals surface area (Å²) in [4.78, 5) is 40.0. The molecule has 8 heteroatoms. The number of para-hydroxylation sites is 2. The molecule has 0 saturated carbocycles. The molecule has 0 unspecified atom stereocenters. The fourth-order valence-corrected chi connectivity index (χ4v) is 3.08. The molecule has 0 aliphatic carbocycles. The van der Waals surface area contributed by atoms with Crippen LogP contribution in [0.25, 0.3) is 0 Å². The lowest BCUT2D eigenvalue weighted by Gasteiger charge is -2.19. The third kappa shape index (κ3) is 4.04. The van der Waals surface area contributed by atoms with Crippen LogP contribution in [0.5, 0.6) is 5.75 Å². The van der Waals surface area contributed by atoms with Gasteiger partial charge in [-0.25, -0.2) is 0 Å². The molecule has 0 aromatic heterocycles. The molecule has 0 heterocycles. The minimum absolute atomic E-state index is 0.0457. The first kappa shape index (κ1) is 21.1. The molecule has 0 spiro atoms. The molecule has 0 aliphatic rings. The lowest BCUT2D eigenvalue weighted by molar-refractivity contribution is 0.0824. The number of hydrogen-bond acceptors (Lipinski definition) is 7. The van der Waals surface area contributed by atoms with Crippen LogP contribution in [0.4, 0.5) is 22.7 Å². The van der Waals surface area contributed by atoms with Gasteiger partial charge in [0.2, 0.25) is 0 Å². The highest BCUT2D eigenvalue weighted by Crippen LogP contribution is 2.33. The summed E-state index contributed by atoms with van der Waals surface area (Å²) in [5, 5.41) is 16.3. The second-order valence-electron chi connectivity index (χ2n) is 7.45.